The third kappa shape index (κ3) is 3.78. The van der Waals surface area contributed by atoms with E-state index in [4.69, 9.17) is 0 Å². The molecule has 0 fully saturated rings. The molecule has 1 atom stereocenters. The van der Waals surface area contributed by atoms with Crippen LogP contribution in [0.3, 0.4) is 0 Å². The Labute approximate surface area is 97.4 Å². The highest BCUT2D eigenvalue weighted by atomic mass is 19.1. The summed E-state index contributed by atoms with van der Waals surface area (Å²) in [6.45, 7) is 7.82. The van der Waals surface area contributed by atoms with Crippen LogP contribution >= 0.6 is 0 Å². The minimum atomic E-state index is -0.162. The third-order valence-electron chi connectivity index (χ3n) is 2.68. The second-order valence-corrected chi connectivity index (χ2v) is 4.40. The first-order valence-electron chi connectivity index (χ1n) is 5.61. The van der Waals surface area contributed by atoms with E-state index in [2.05, 4.69) is 11.9 Å². The van der Waals surface area contributed by atoms with E-state index in [1.54, 1.807) is 12.1 Å². The molecule has 2 heteroatoms. The Bertz CT molecular complexity index is 351. The van der Waals surface area contributed by atoms with Crippen LogP contribution in [-0.4, -0.2) is 7.05 Å². The molecule has 1 aromatic carbocycles. The van der Waals surface area contributed by atoms with E-state index in [1.807, 2.05) is 27.0 Å². The van der Waals surface area contributed by atoms with Gasteiger partial charge in [0.25, 0.3) is 0 Å². The maximum absolute atomic E-state index is 13.3. The second-order valence-electron chi connectivity index (χ2n) is 4.40. The first-order chi connectivity index (χ1) is 7.52. The molecule has 0 aromatic heterocycles. The lowest BCUT2D eigenvalue weighted by molar-refractivity contribution is 0.540. The van der Waals surface area contributed by atoms with Gasteiger partial charge in [0.05, 0.1) is 0 Å². The van der Waals surface area contributed by atoms with Crippen LogP contribution in [0.15, 0.2) is 30.4 Å². The molecule has 0 bridgehead atoms. The highest BCUT2D eigenvalue weighted by molar-refractivity contribution is 5.26. The minimum absolute atomic E-state index is 0.162. The average Bonchev–Trinajstić information content (AvgIpc) is 2.16. The van der Waals surface area contributed by atoms with Gasteiger partial charge in [-0.3, -0.25) is 0 Å². The van der Waals surface area contributed by atoms with Gasteiger partial charge in [-0.2, -0.15) is 0 Å². The summed E-state index contributed by atoms with van der Waals surface area (Å²) in [5, 5.41) is 3.22. The quantitative estimate of drug-likeness (QED) is 0.747. The number of hydrogen-bond donors (Lipinski definition) is 1. The Kier molecular flexibility index (Phi) is 4.69. The number of halogens is 1. The van der Waals surface area contributed by atoms with E-state index < -0.39 is 0 Å². The van der Waals surface area contributed by atoms with Crippen molar-refractivity contribution in [1.82, 2.24) is 5.32 Å². The molecule has 1 aromatic rings. The molecule has 0 saturated heterocycles. The van der Waals surface area contributed by atoms with Crippen LogP contribution in [0, 0.1) is 12.7 Å². The number of hydrogen-bond acceptors (Lipinski definition) is 1. The highest BCUT2D eigenvalue weighted by Crippen LogP contribution is 2.22. The minimum Gasteiger partial charge on any atom is -0.313 e. The Morgan fingerprint density at radius 3 is 2.62 bits per heavy atom. The van der Waals surface area contributed by atoms with Gasteiger partial charge in [-0.1, -0.05) is 11.6 Å². The molecule has 1 rings (SSSR count). The van der Waals surface area contributed by atoms with Crippen LogP contribution in [0.1, 0.15) is 36.9 Å². The molecular weight excluding hydrogens is 201 g/mol. The summed E-state index contributed by atoms with van der Waals surface area (Å²) in [6.07, 6.45) is 1.91. The van der Waals surface area contributed by atoms with Gasteiger partial charge in [0.15, 0.2) is 0 Å². The molecule has 1 N–H and O–H groups in total. The molecule has 0 spiro atoms. The van der Waals surface area contributed by atoms with Crippen LogP contribution < -0.4 is 5.32 Å². The van der Waals surface area contributed by atoms with E-state index in [9.17, 15) is 4.39 Å². The van der Waals surface area contributed by atoms with Gasteiger partial charge in [0.1, 0.15) is 5.82 Å². The van der Waals surface area contributed by atoms with E-state index >= 15 is 0 Å². The molecule has 0 saturated carbocycles. The Morgan fingerprint density at radius 1 is 1.44 bits per heavy atom. The molecular formula is C14H20FN. The Balaban J connectivity index is 2.81. The Morgan fingerprint density at radius 2 is 2.12 bits per heavy atom. The van der Waals surface area contributed by atoms with Gasteiger partial charge in [0, 0.05) is 6.04 Å². The van der Waals surface area contributed by atoms with Crippen molar-refractivity contribution in [2.75, 3.05) is 7.05 Å². The number of aryl methyl sites for hydroxylation is 1. The van der Waals surface area contributed by atoms with Crippen molar-refractivity contribution in [3.8, 4) is 0 Å². The first-order valence-corrected chi connectivity index (χ1v) is 5.61. The van der Waals surface area contributed by atoms with E-state index in [0.29, 0.717) is 0 Å². The molecule has 0 radical (unpaired) electrons. The van der Waals surface area contributed by atoms with Crippen LogP contribution in [0.2, 0.25) is 0 Å². The number of rotatable bonds is 5. The SMILES string of the molecule is C=C(C)CCC(NC)c1cc(C)cc(F)c1. The molecule has 16 heavy (non-hydrogen) atoms. The Hall–Kier alpha value is -1.15. The standard InChI is InChI=1S/C14H20FN/c1-10(2)5-6-14(16-4)12-7-11(3)8-13(15)9-12/h7-9,14,16H,1,5-6H2,2-4H3. The lowest BCUT2D eigenvalue weighted by Crippen LogP contribution is -2.16. The third-order valence-corrected chi connectivity index (χ3v) is 2.68. The average molecular weight is 221 g/mol. The van der Waals surface area contributed by atoms with Gasteiger partial charge in [-0.25, -0.2) is 4.39 Å². The van der Waals surface area contributed by atoms with E-state index in [1.165, 1.54) is 0 Å². The maximum Gasteiger partial charge on any atom is 0.123 e. The van der Waals surface area contributed by atoms with Crippen LogP contribution in [0.4, 0.5) is 4.39 Å². The van der Waals surface area contributed by atoms with Gasteiger partial charge >= 0.3 is 0 Å². The predicted octanol–water partition coefficient (Wildman–Crippen LogP) is 3.75. The van der Waals surface area contributed by atoms with Gasteiger partial charge < -0.3 is 5.32 Å². The van der Waals surface area contributed by atoms with Crippen LogP contribution in [0.5, 0.6) is 0 Å². The zero-order chi connectivity index (χ0) is 12.1. The largest absolute Gasteiger partial charge is 0.313 e. The highest BCUT2D eigenvalue weighted by Gasteiger charge is 2.10. The van der Waals surface area contributed by atoms with Gasteiger partial charge in [-0.15, -0.1) is 6.58 Å². The van der Waals surface area contributed by atoms with Crippen molar-refractivity contribution in [3.05, 3.63) is 47.3 Å². The second kappa shape index (κ2) is 5.80. The summed E-state index contributed by atoms with van der Waals surface area (Å²) in [7, 11) is 1.91. The summed E-state index contributed by atoms with van der Waals surface area (Å²) >= 11 is 0. The molecule has 1 nitrogen and oxygen atoms in total. The summed E-state index contributed by atoms with van der Waals surface area (Å²) in [5.74, 6) is -0.162. The molecule has 0 heterocycles. The van der Waals surface area contributed by atoms with Crippen molar-refractivity contribution in [3.63, 3.8) is 0 Å². The topological polar surface area (TPSA) is 12.0 Å². The summed E-state index contributed by atoms with van der Waals surface area (Å²) < 4.78 is 13.3. The first kappa shape index (κ1) is 12.9. The number of nitrogens with one attached hydrogen (secondary N) is 1. The predicted molar refractivity (Wildman–Crippen MR) is 67.0 cm³/mol. The molecule has 0 aliphatic carbocycles. The molecule has 0 aliphatic rings. The normalized spacial score (nSPS) is 12.5. The molecule has 88 valence electrons. The van der Waals surface area contributed by atoms with Crippen LogP contribution in [-0.2, 0) is 0 Å². The van der Waals surface area contributed by atoms with Crippen molar-refractivity contribution >= 4 is 0 Å². The summed E-state index contributed by atoms with van der Waals surface area (Å²) in [4.78, 5) is 0. The summed E-state index contributed by atoms with van der Waals surface area (Å²) in [5.41, 5.74) is 3.14. The lowest BCUT2D eigenvalue weighted by Gasteiger charge is -2.17. The van der Waals surface area contributed by atoms with Gasteiger partial charge in [-0.05, 0) is 57.0 Å². The lowest BCUT2D eigenvalue weighted by atomic mass is 9.98. The zero-order valence-corrected chi connectivity index (χ0v) is 10.3. The van der Waals surface area contributed by atoms with Gasteiger partial charge in [0.2, 0.25) is 0 Å². The molecule has 1 unspecified atom stereocenters. The fraction of sp³-hybridized carbons (Fsp3) is 0.429. The molecule has 0 aliphatic heterocycles. The number of allylic oxidation sites excluding steroid dienone is 1. The monoisotopic (exact) mass is 221 g/mol. The van der Waals surface area contributed by atoms with Crippen molar-refractivity contribution in [1.29, 1.82) is 0 Å². The summed E-state index contributed by atoms with van der Waals surface area (Å²) in [6, 6.07) is 5.38. The van der Waals surface area contributed by atoms with E-state index in [0.717, 1.165) is 29.5 Å². The zero-order valence-electron chi connectivity index (χ0n) is 10.3. The van der Waals surface area contributed by atoms with Crippen molar-refractivity contribution in [2.45, 2.75) is 32.7 Å². The van der Waals surface area contributed by atoms with Crippen molar-refractivity contribution < 1.29 is 4.39 Å². The van der Waals surface area contributed by atoms with E-state index in [-0.39, 0.29) is 11.9 Å². The van der Waals surface area contributed by atoms with Crippen LogP contribution in [0.25, 0.3) is 0 Å². The fourth-order valence-electron chi connectivity index (χ4n) is 1.83. The smallest absolute Gasteiger partial charge is 0.123 e. The van der Waals surface area contributed by atoms with Crippen molar-refractivity contribution in [2.24, 2.45) is 0 Å². The maximum atomic E-state index is 13.3. The number of benzene rings is 1. The molecule has 0 amide bonds. The fourth-order valence-corrected chi connectivity index (χ4v) is 1.83.